The fraction of sp³-hybridized carbons (Fsp3) is 0.368. The quantitative estimate of drug-likeness (QED) is 0.807. The highest BCUT2D eigenvalue weighted by molar-refractivity contribution is 6.31. The van der Waals surface area contributed by atoms with Gasteiger partial charge in [-0.2, -0.15) is 0 Å². The zero-order valence-corrected chi connectivity index (χ0v) is 13.5. The number of rotatable bonds is 4. The largest absolute Gasteiger partial charge is 0.310 e. The topological polar surface area (TPSA) is 12.0 Å². The summed E-state index contributed by atoms with van der Waals surface area (Å²) in [5.74, 6) is 0. The van der Waals surface area contributed by atoms with E-state index in [0.717, 1.165) is 23.6 Å². The molecule has 3 rings (SSSR count). The van der Waals surface area contributed by atoms with Crippen LogP contribution in [-0.4, -0.2) is 6.54 Å². The van der Waals surface area contributed by atoms with Gasteiger partial charge in [-0.15, -0.1) is 0 Å². The second-order valence-corrected chi connectivity index (χ2v) is 6.29. The molecule has 1 unspecified atom stereocenters. The van der Waals surface area contributed by atoms with E-state index in [0.29, 0.717) is 6.04 Å². The van der Waals surface area contributed by atoms with Crippen molar-refractivity contribution >= 4 is 11.6 Å². The van der Waals surface area contributed by atoms with Gasteiger partial charge in [0.2, 0.25) is 0 Å². The lowest BCUT2D eigenvalue weighted by Gasteiger charge is -2.15. The molecule has 0 amide bonds. The fourth-order valence-corrected chi connectivity index (χ4v) is 3.40. The molecule has 0 aliphatic heterocycles. The number of hydrogen-bond donors (Lipinski definition) is 1. The van der Waals surface area contributed by atoms with Gasteiger partial charge in [0, 0.05) is 11.1 Å². The Balaban J connectivity index is 1.98. The Bertz CT molecular complexity index is 648. The smallest absolute Gasteiger partial charge is 0.0441 e. The molecule has 0 spiro atoms. The highest BCUT2D eigenvalue weighted by atomic mass is 35.5. The molecule has 0 fully saturated rings. The van der Waals surface area contributed by atoms with Crippen LogP contribution in [0.1, 0.15) is 42.5 Å². The monoisotopic (exact) mass is 299 g/mol. The van der Waals surface area contributed by atoms with Gasteiger partial charge in [0.05, 0.1) is 0 Å². The van der Waals surface area contributed by atoms with Gasteiger partial charge in [-0.1, -0.05) is 48.9 Å². The lowest BCUT2D eigenvalue weighted by atomic mass is 9.96. The van der Waals surface area contributed by atoms with Crippen molar-refractivity contribution in [2.24, 2.45) is 0 Å². The number of hydrogen-bond acceptors (Lipinski definition) is 1. The maximum Gasteiger partial charge on any atom is 0.0441 e. The van der Waals surface area contributed by atoms with E-state index in [1.54, 1.807) is 0 Å². The van der Waals surface area contributed by atoms with E-state index < -0.39 is 0 Å². The van der Waals surface area contributed by atoms with E-state index in [1.807, 2.05) is 6.92 Å². The van der Waals surface area contributed by atoms with Crippen molar-refractivity contribution in [3.8, 4) is 11.1 Å². The summed E-state index contributed by atoms with van der Waals surface area (Å²) in [6.07, 6.45) is 3.53. The van der Waals surface area contributed by atoms with Crippen LogP contribution in [0.5, 0.6) is 0 Å². The molecule has 1 nitrogen and oxygen atoms in total. The maximum atomic E-state index is 6.30. The van der Waals surface area contributed by atoms with Crippen molar-refractivity contribution in [2.45, 2.75) is 39.2 Å². The van der Waals surface area contributed by atoms with Crippen molar-refractivity contribution in [3.63, 3.8) is 0 Å². The van der Waals surface area contributed by atoms with Crippen LogP contribution in [0.2, 0.25) is 5.02 Å². The van der Waals surface area contributed by atoms with Crippen molar-refractivity contribution in [2.75, 3.05) is 6.54 Å². The summed E-state index contributed by atoms with van der Waals surface area (Å²) >= 11 is 6.30. The average molecular weight is 300 g/mol. The molecule has 1 aliphatic carbocycles. The van der Waals surface area contributed by atoms with E-state index in [1.165, 1.54) is 35.1 Å². The van der Waals surface area contributed by atoms with Crippen molar-refractivity contribution < 1.29 is 0 Å². The first-order chi connectivity index (χ1) is 10.2. The Kier molecular flexibility index (Phi) is 4.32. The summed E-state index contributed by atoms with van der Waals surface area (Å²) in [4.78, 5) is 0. The summed E-state index contributed by atoms with van der Waals surface area (Å²) in [6.45, 7) is 5.35. The van der Waals surface area contributed by atoms with E-state index in [4.69, 9.17) is 11.6 Å². The number of halogens is 1. The Morgan fingerprint density at radius 1 is 1.24 bits per heavy atom. The molecule has 1 atom stereocenters. The van der Waals surface area contributed by atoms with Gasteiger partial charge in [-0.05, 0) is 66.6 Å². The number of fused-ring (bicyclic) bond motifs is 1. The van der Waals surface area contributed by atoms with Crippen LogP contribution in [0, 0.1) is 6.92 Å². The van der Waals surface area contributed by atoms with Gasteiger partial charge >= 0.3 is 0 Å². The summed E-state index contributed by atoms with van der Waals surface area (Å²) in [5, 5.41) is 4.51. The molecule has 1 N–H and O–H groups in total. The summed E-state index contributed by atoms with van der Waals surface area (Å²) in [7, 11) is 0. The van der Waals surface area contributed by atoms with E-state index >= 15 is 0 Å². The predicted molar refractivity (Wildman–Crippen MR) is 91.0 cm³/mol. The maximum absolute atomic E-state index is 6.30. The molecule has 21 heavy (non-hydrogen) atoms. The predicted octanol–water partition coefficient (Wildman–Crippen LogP) is 5.30. The van der Waals surface area contributed by atoms with Crippen molar-refractivity contribution in [3.05, 3.63) is 58.1 Å². The first-order valence-electron chi connectivity index (χ1n) is 7.82. The third-order valence-corrected chi connectivity index (χ3v) is 4.80. The Morgan fingerprint density at radius 2 is 2.10 bits per heavy atom. The number of benzene rings is 2. The zero-order chi connectivity index (χ0) is 14.8. The van der Waals surface area contributed by atoms with Gasteiger partial charge in [-0.25, -0.2) is 0 Å². The SMILES string of the molecule is CCCNC1CCc2c(-c3ccc(C)c(Cl)c3)cccc21. The highest BCUT2D eigenvalue weighted by Crippen LogP contribution is 2.38. The Morgan fingerprint density at radius 3 is 2.86 bits per heavy atom. The minimum atomic E-state index is 0.515. The lowest BCUT2D eigenvalue weighted by molar-refractivity contribution is 0.529. The molecule has 0 radical (unpaired) electrons. The average Bonchev–Trinajstić information content (AvgIpc) is 2.91. The fourth-order valence-electron chi connectivity index (χ4n) is 3.22. The molecule has 0 saturated heterocycles. The molecule has 0 bridgehead atoms. The van der Waals surface area contributed by atoms with E-state index in [9.17, 15) is 0 Å². The summed E-state index contributed by atoms with van der Waals surface area (Å²) < 4.78 is 0. The molecule has 110 valence electrons. The van der Waals surface area contributed by atoms with Crippen LogP contribution in [0.25, 0.3) is 11.1 Å². The standard InChI is InChI=1S/C19H22ClN/c1-3-11-21-19-10-9-16-15(5-4-6-17(16)19)14-8-7-13(2)18(20)12-14/h4-8,12,19,21H,3,9-11H2,1-2H3. The highest BCUT2D eigenvalue weighted by Gasteiger charge is 2.24. The van der Waals surface area contributed by atoms with Gasteiger partial charge in [-0.3, -0.25) is 0 Å². The molecule has 1 aliphatic rings. The second kappa shape index (κ2) is 6.21. The van der Waals surface area contributed by atoms with Gasteiger partial charge in [0.1, 0.15) is 0 Å². The Hall–Kier alpha value is -1.31. The summed E-state index contributed by atoms with van der Waals surface area (Å²) in [6, 6.07) is 13.6. The van der Waals surface area contributed by atoms with Crippen LogP contribution in [0.4, 0.5) is 0 Å². The molecule has 2 aromatic carbocycles. The zero-order valence-electron chi connectivity index (χ0n) is 12.7. The molecule has 2 aromatic rings. The summed E-state index contributed by atoms with van der Waals surface area (Å²) in [5.41, 5.74) is 6.67. The molecule has 0 aromatic heterocycles. The van der Waals surface area contributed by atoms with Crippen molar-refractivity contribution in [1.29, 1.82) is 0 Å². The molecule has 0 heterocycles. The first kappa shape index (κ1) is 14.6. The number of nitrogens with one attached hydrogen (secondary N) is 1. The van der Waals surface area contributed by atoms with Crippen LogP contribution >= 0.6 is 11.6 Å². The van der Waals surface area contributed by atoms with Crippen LogP contribution in [-0.2, 0) is 6.42 Å². The minimum absolute atomic E-state index is 0.515. The van der Waals surface area contributed by atoms with Gasteiger partial charge < -0.3 is 5.32 Å². The molecule has 2 heteroatoms. The van der Waals surface area contributed by atoms with Crippen LogP contribution < -0.4 is 5.32 Å². The molecule has 0 saturated carbocycles. The third-order valence-electron chi connectivity index (χ3n) is 4.39. The molecular formula is C19H22ClN. The van der Waals surface area contributed by atoms with Crippen LogP contribution in [0.3, 0.4) is 0 Å². The van der Waals surface area contributed by atoms with Gasteiger partial charge in [0.15, 0.2) is 0 Å². The van der Waals surface area contributed by atoms with Crippen molar-refractivity contribution in [1.82, 2.24) is 5.32 Å². The molecular weight excluding hydrogens is 278 g/mol. The van der Waals surface area contributed by atoms with Gasteiger partial charge in [0.25, 0.3) is 0 Å². The number of aryl methyl sites for hydroxylation is 1. The Labute approximate surface area is 132 Å². The second-order valence-electron chi connectivity index (χ2n) is 5.88. The normalized spacial score (nSPS) is 17.0. The minimum Gasteiger partial charge on any atom is -0.310 e. The lowest BCUT2D eigenvalue weighted by Crippen LogP contribution is -2.19. The first-order valence-corrected chi connectivity index (χ1v) is 8.20. The van der Waals surface area contributed by atoms with Crippen LogP contribution in [0.15, 0.2) is 36.4 Å². The van der Waals surface area contributed by atoms with E-state index in [2.05, 4.69) is 48.6 Å². The van der Waals surface area contributed by atoms with E-state index in [-0.39, 0.29) is 0 Å². The third kappa shape index (κ3) is 2.86.